The molecule has 21 heavy (non-hydrogen) atoms. The molecule has 0 aliphatic heterocycles. The normalized spacial score (nSPS) is 10.4. The van der Waals surface area contributed by atoms with Crippen molar-refractivity contribution in [1.82, 2.24) is 10.3 Å². The molecule has 112 valence electrons. The molecule has 2 aromatic rings. The van der Waals surface area contributed by atoms with Crippen LogP contribution in [-0.2, 0) is 6.54 Å². The molecular weight excluding hydrogens is 268 g/mol. The summed E-state index contributed by atoms with van der Waals surface area (Å²) in [5, 5.41) is 3.14. The molecule has 1 aromatic heterocycles. The van der Waals surface area contributed by atoms with Gasteiger partial charge in [0.2, 0.25) is 0 Å². The van der Waals surface area contributed by atoms with Gasteiger partial charge >= 0.3 is 0 Å². The lowest BCUT2D eigenvalue weighted by molar-refractivity contribution is 0.355. The molecule has 0 atom stereocenters. The molecule has 0 aliphatic carbocycles. The van der Waals surface area contributed by atoms with Crippen molar-refractivity contribution < 1.29 is 9.47 Å². The zero-order chi connectivity index (χ0) is 15.2. The molecule has 5 heteroatoms. The Kier molecular flexibility index (Phi) is 5.00. The molecule has 0 amide bonds. The highest BCUT2D eigenvalue weighted by Gasteiger charge is 2.08. The summed E-state index contributed by atoms with van der Waals surface area (Å²) < 4.78 is 10.5. The molecule has 0 radical (unpaired) electrons. The molecule has 0 spiro atoms. The highest BCUT2D eigenvalue weighted by molar-refractivity contribution is 5.64. The summed E-state index contributed by atoms with van der Waals surface area (Å²) in [5.41, 5.74) is 2.27. The average molecular weight is 288 g/mol. The standard InChI is InChI=1S/C16H20N2O3/c1-4-17-10-12-5-7-13(18-16(12)19)11-6-8-14(20-2)15(9-11)21-3/h5-9,17H,4,10H2,1-3H3,(H,18,19). The van der Waals surface area contributed by atoms with Gasteiger partial charge in [0, 0.05) is 23.4 Å². The third kappa shape index (κ3) is 3.44. The topological polar surface area (TPSA) is 63.4 Å². The molecule has 0 aliphatic rings. The van der Waals surface area contributed by atoms with Crippen molar-refractivity contribution in [2.24, 2.45) is 0 Å². The van der Waals surface area contributed by atoms with Crippen LogP contribution in [-0.4, -0.2) is 25.7 Å². The van der Waals surface area contributed by atoms with E-state index in [1.54, 1.807) is 14.2 Å². The molecular formula is C16H20N2O3. The third-order valence-electron chi connectivity index (χ3n) is 3.25. The van der Waals surface area contributed by atoms with Crippen molar-refractivity contribution in [2.75, 3.05) is 20.8 Å². The highest BCUT2D eigenvalue weighted by Crippen LogP contribution is 2.31. The van der Waals surface area contributed by atoms with Crippen LogP contribution in [0.1, 0.15) is 12.5 Å². The Morgan fingerprint density at radius 3 is 2.48 bits per heavy atom. The van der Waals surface area contributed by atoms with E-state index in [1.807, 2.05) is 37.3 Å². The number of rotatable bonds is 6. The first-order valence-electron chi connectivity index (χ1n) is 6.85. The Morgan fingerprint density at radius 2 is 1.86 bits per heavy atom. The van der Waals surface area contributed by atoms with Gasteiger partial charge in [-0.05, 0) is 30.8 Å². The lowest BCUT2D eigenvalue weighted by Crippen LogP contribution is -2.20. The van der Waals surface area contributed by atoms with Gasteiger partial charge in [0.1, 0.15) is 0 Å². The van der Waals surface area contributed by atoms with Crippen LogP contribution in [0.4, 0.5) is 0 Å². The molecule has 2 rings (SSSR count). The molecule has 1 heterocycles. The van der Waals surface area contributed by atoms with Crippen LogP contribution < -0.4 is 20.3 Å². The van der Waals surface area contributed by atoms with Crippen LogP contribution >= 0.6 is 0 Å². The Balaban J connectivity index is 2.34. The van der Waals surface area contributed by atoms with Gasteiger partial charge in [-0.25, -0.2) is 0 Å². The number of H-pyrrole nitrogens is 1. The summed E-state index contributed by atoms with van der Waals surface area (Å²) in [6.07, 6.45) is 0. The van der Waals surface area contributed by atoms with Crippen LogP contribution in [0.3, 0.4) is 0 Å². The Morgan fingerprint density at radius 1 is 1.10 bits per heavy atom. The first kappa shape index (κ1) is 15.1. The number of ether oxygens (including phenoxy) is 2. The van der Waals surface area contributed by atoms with Crippen molar-refractivity contribution in [3.05, 3.63) is 46.2 Å². The number of pyridine rings is 1. The van der Waals surface area contributed by atoms with E-state index < -0.39 is 0 Å². The van der Waals surface area contributed by atoms with Crippen molar-refractivity contribution in [1.29, 1.82) is 0 Å². The van der Waals surface area contributed by atoms with Gasteiger partial charge in [0.25, 0.3) is 5.56 Å². The zero-order valence-electron chi connectivity index (χ0n) is 12.5. The van der Waals surface area contributed by atoms with E-state index in [1.165, 1.54) is 0 Å². The summed E-state index contributed by atoms with van der Waals surface area (Å²) in [6.45, 7) is 3.40. The fourth-order valence-electron chi connectivity index (χ4n) is 2.07. The van der Waals surface area contributed by atoms with Gasteiger partial charge in [-0.3, -0.25) is 4.79 Å². The van der Waals surface area contributed by atoms with Crippen molar-refractivity contribution in [2.45, 2.75) is 13.5 Å². The maximum atomic E-state index is 12.0. The second-order valence-corrected chi connectivity index (χ2v) is 4.58. The van der Waals surface area contributed by atoms with Gasteiger partial charge in [0.05, 0.1) is 14.2 Å². The lowest BCUT2D eigenvalue weighted by Gasteiger charge is -2.10. The first-order valence-corrected chi connectivity index (χ1v) is 6.85. The van der Waals surface area contributed by atoms with Crippen LogP contribution in [0.2, 0.25) is 0 Å². The third-order valence-corrected chi connectivity index (χ3v) is 3.25. The minimum Gasteiger partial charge on any atom is -0.493 e. The van der Waals surface area contributed by atoms with Gasteiger partial charge in [-0.2, -0.15) is 0 Å². The van der Waals surface area contributed by atoms with Crippen LogP contribution in [0.5, 0.6) is 11.5 Å². The van der Waals surface area contributed by atoms with E-state index in [9.17, 15) is 4.79 Å². The van der Waals surface area contributed by atoms with Gasteiger partial charge in [0.15, 0.2) is 11.5 Å². The molecule has 0 saturated heterocycles. The Bertz CT molecular complexity index is 665. The minimum absolute atomic E-state index is 0.0803. The summed E-state index contributed by atoms with van der Waals surface area (Å²) in [5.74, 6) is 1.29. The van der Waals surface area contributed by atoms with E-state index >= 15 is 0 Å². The molecule has 0 bridgehead atoms. The minimum atomic E-state index is -0.0803. The lowest BCUT2D eigenvalue weighted by atomic mass is 10.1. The molecule has 1 aromatic carbocycles. The van der Waals surface area contributed by atoms with Crippen LogP contribution in [0.15, 0.2) is 35.1 Å². The summed E-state index contributed by atoms with van der Waals surface area (Å²) >= 11 is 0. The summed E-state index contributed by atoms with van der Waals surface area (Å²) in [4.78, 5) is 14.9. The number of nitrogens with one attached hydrogen (secondary N) is 2. The van der Waals surface area contributed by atoms with E-state index in [4.69, 9.17) is 9.47 Å². The zero-order valence-corrected chi connectivity index (χ0v) is 12.5. The summed E-state index contributed by atoms with van der Waals surface area (Å²) in [7, 11) is 3.18. The predicted octanol–water partition coefficient (Wildman–Crippen LogP) is 2.17. The Labute approximate surface area is 123 Å². The van der Waals surface area contributed by atoms with E-state index in [2.05, 4.69) is 10.3 Å². The fourth-order valence-corrected chi connectivity index (χ4v) is 2.07. The second kappa shape index (κ2) is 6.95. The molecule has 2 N–H and O–H groups in total. The molecule has 0 saturated carbocycles. The largest absolute Gasteiger partial charge is 0.493 e. The monoisotopic (exact) mass is 288 g/mol. The van der Waals surface area contributed by atoms with E-state index in [0.29, 0.717) is 18.0 Å². The molecule has 5 nitrogen and oxygen atoms in total. The maximum absolute atomic E-state index is 12.0. The SMILES string of the molecule is CCNCc1ccc(-c2ccc(OC)c(OC)c2)[nH]c1=O. The van der Waals surface area contributed by atoms with E-state index in [-0.39, 0.29) is 5.56 Å². The van der Waals surface area contributed by atoms with Crippen molar-refractivity contribution >= 4 is 0 Å². The molecule has 0 unspecified atom stereocenters. The summed E-state index contributed by atoms with van der Waals surface area (Å²) in [6, 6.07) is 9.28. The smallest absolute Gasteiger partial charge is 0.252 e. The maximum Gasteiger partial charge on any atom is 0.252 e. The Hall–Kier alpha value is -2.27. The van der Waals surface area contributed by atoms with Crippen LogP contribution in [0.25, 0.3) is 11.3 Å². The number of hydrogen-bond acceptors (Lipinski definition) is 4. The number of methoxy groups -OCH3 is 2. The van der Waals surface area contributed by atoms with Crippen LogP contribution in [0, 0.1) is 0 Å². The van der Waals surface area contributed by atoms with Crippen molar-refractivity contribution in [3.63, 3.8) is 0 Å². The van der Waals surface area contributed by atoms with E-state index in [0.717, 1.165) is 23.4 Å². The number of aromatic nitrogens is 1. The van der Waals surface area contributed by atoms with Gasteiger partial charge < -0.3 is 19.8 Å². The number of hydrogen-bond donors (Lipinski definition) is 2. The molecule has 0 fully saturated rings. The number of benzene rings is 1. The van der Waals surface area contributed by atoms with Gasteiger partial charge in [-0.15, -0.1) is 0 Å². The van der Waals surface area contributed by atoms with Gasteiger partial charge in [-0.1, -0.05) is 13.0 Å². The average Bonchev–Trinajstić information content (AvgIpc) is 2.53. The fraction of sp³-hybridized carbons (Fsp3) is 0.312. The second-order valence-electron chi connectivity index (χ2n) is 4.58. The predicted molar refractivity (Wildman–Crippen MR) is 83.0 cm³/mol. The van der Waals surface area contributed by atoms with Crippen molar-refractivity contribution in [3.8, 4) is 22.8 Å². The highest BCUT2D eigenvalue weighted by atomic mass is 16.5. The first-order chi connectivity index (χ1) is 10.2. The quantitative estimate of drug-likeness (QED) is 0.855. The number of aromatic amines is 1.